The van der Waals surface area contributed by atoms with Gasteiger partial charge >= 0.3 is 0 Å². The fourth-order valence-corrected chi connectivity index (χ4v) is 3.29. The van der Waals surface area contributed by atoms with Gasteiger partial charge in [0.05, 0.1) is 0 Å². The number of fused-ring (bicyclic) bond motifs is 1. The van der Waals surface area contributed by atoms with E-state index in [-0.39, 0.29) is 11.9 Å². The summed E-state index contributed by atoms with van der Waals surface area (Å²) in [5.74, 6) is 0.663. The lowest BCUT2D eigenvalue weighted by Gasteiger charge is -2.24. The van der Waals surface area contributed by atoms with Crippen LogP contribution < -0.4 is 10.9 Å². The molecule has 1 saturated heterocycles. The Balaban J connectivity index is 1.63. The van der Waals surface area contributed by atoms with Gasteiger partial charge in [0.25, 0.3) is 0 Å². The first kappa shape index (κ1) is 12.6. The van der Waals surface area contributed by atoms with Crippen LogP contribution in [0.1, 0.15) is 24.8 Å². The van der Waals surface area contributed by atoms with Crippen LogP contribution in [0.4, 0.5) is 0 Å². The Kier molecular flexibility index (Phi) is 3.53. The van der Waals surface area contributed by atoms with Crippen molar-refractivity contribution >= 4 is 5.91 Å². The standard InChI is InChI=1S/C15H21N3O/c1-18(10-11-6-3-2-4-7-11)15(19)14-12-8-5-9-13(12)16-17-14/h2-4,6-7,12-14,16-17H,5,8-10H2,1H3. The fraction of sp³-hybridized carbons (Fsp3) is 0.533. The van der Waals surface area contributed by atoms with Crippen molar-refractivity contribution < 1.29 is 4.79 Å². The van der Waals surface area contributed by atoms with Gasteiger partial charge in [-0.25, -0.2) is 5.43 Å². The van der Waals surface area contributed by atoms with Crippen LogP contribution >= 0.6 is 0 Å². The van der Waals surface area contributed by atoms with Crippen molar-refractivity contribution in [1.82, 2.24) is 15.8 Å². The monoisotopic (exact) mass is 259 g/mol. The third kappa shape index (κ3) is 2.51. The van der Waals surface area contributed by atoms with Crippen LogP contribution in [0.2, 0.25) is 0 Å². The number of carbonyl (C=O) groups is 1. The molecule has 102 valence electrons. The summed E-state index contributed by atoms with van der Waals surface area (Å²) >= 11 is 0. The minimum absolute atomic E-state index is 0.0544. The molecule has 4 heteroatoms. The molecule has 19 heavy (non-hydrogen) atoms. The maximum absolute atomic E-state index is 12.5. The van der Waals surface area contributed by atoms with Crippen molar-refractivity contribution in [3.8, 4) is 0 Å². The Bertz CT molecular complexity index is 448. The molecule has 4 nitrogen and oxygen atoms in total. The summed E-state index contributed by atoms with van der Waals surface area (Å²) in [5.41, 5.74) is 7.63. The second-order valence-corrected chi connectivity index (χ2v) is 5.65. The largest absolute Gasteiger partial charge is 0.340 e. The van der Waals surface area contributed by atoms with E-state index in [1.807, 2.05) is 30.1 Å². The summed E-state index contributed by atoms with van der Waals surface area (Å²) in [5, 5.41) is 0. The summed E-state index contributed by atoms with van der Waals surface area (Å²) in [7, 11) is 1.89. The van der Waals surface area contributed by atoms with E-state index in [4.69, 9.17) is 0 Å². The molecule has 3 unspecified atom stereocenters. The average Bonchev–Trinajstić information content (AvgIpc) is 3.01. The van der Waals surface area contributed by atoms with Gasteiger partial charge in [-0.2, -0.15) is 0 Å². The molecule has 1 heterocycles. The molecular formula is C15H21N3O. The van der Waals surface area contributed by atoms with Crippen LogP contribution in [-0.4, -0.2) is 29.9 Å². The van der Waals surface area contributed by atoms with E-state index in [0.29, 0.717) is 18.5 Å². The Hall–Kier alpha value is -1.39. The zero-order valence-corrected chi connectivity index (χ0v) is 11.3. The Labute approximate surface area is 114 Å². The van der Waals surface area contributed by atoms with E-state index in [1.54, 1.807) is 0 Å². The van der Waals surface area contributed by atoms with Crippen molar-refractivity contribution in [2.24, 2.45) is 5.92 Å². The number of amides is 1. The molecule has 1 aromatic carbocycles. The summed E-state index contributed by atoms with van der Waals surface area (Å²) in [6.45, 7) is 0.676. The first-order chi connectivity index (χ1) is 9.25. The van der Waals surface area contributed by atoms with Crippen molar-refractivity contribution in [3.63, 3.8) is 0 Å². The SMILES string of the molecule is CN(Cc1ccccc1)C(=O)C1NNC2CCCC21. The summed E-state index contributed by atoms with van der Waals surface area (Å²) in [6.07, 6.45) is 3.57. The molecule has 3 rings (SSSR count). The topological polar surface area (TPSA) is 44.4 Å². The number of carbonyl (C=O) groups excluding carboxylic acids is 1. The van der Waals surface area contributed by atoms with Gasteiger partial charge in [-0.3, -0.25) is 10.2 Å². The van der Waals surface area contributed by atoms with Gasteiger partial charge in [-0.05, 0) is 18.4 Å². The summed E-state index contributed by atoms with van der Waals surface area (Å²) in [4.78, 5) is 14.3. The highest BCUT2D eigenvalue weighted by Crippen LogP contribution is 2.32. The molecule has 0 aromatic heterocycles. The highest BCUT2D eigenvalue weighted by molar-refractivity contribution is 5.82. The van der Waals surface area contributed by atoms with Crippen LogP contribution in [-0.2, 0) is 11.3 Å². The van der Waals surface area contributed by atoms with E-state index >= 15 is 0 Å². The van der Waals surface area contributed by atoms with Crippen LogP contribution in [0.15, 0.2) is 30.3 Å². The number of hydrogen-bond acceptors (Lipinski definition) is 3. The van der Waals surface area contributed by atoms with E-state index in [2.05, 4.69) is 23.0 Å². The average molecular weight is 259 g/mol. The van der Waals surface area contributed by atoms with E-state index in [9.17, 15) is 4.79 Å². The predicted molar refractivity (Wildman–Crippen MR) is 74.1 cm³/mol. The first-order valence-electron chi connectivity index (χ1n) is 7.05. The smallest absolute Gasteiger partial charge is 0.241 e. The van der Waals surface area contributed by atoms with Crippen LogP contribution in [0, 0.1) is 5.92 Å². The number of nitrogens with one attached hydrogen (secondary N) is 2. The minimum Gasteiger partial charge on any atom is -0.340 e. The number of rotatable bonds is 3. The molecule has 0 spiro atoms. The lowest BCUT2D eigenvalue weighted by molar-refractivity contribution is -0.133. The van der Waals surface area contributed by atoms with Gasteiger partial charge < -0.3 is 4.90 Å². The highest BCUT2D eigenvalue weighted by Gasteiger charge is 2.43. The molecule has 1 aliphatic carbocycles. The molecule has 1 amide bonds. The van der Waals surface area contributed by atoms with Crippen molar-refractivity contribution in [2.75, 3.05) is 7.05 Å². The molecule has 1 saturated carbocycles. The molecule has 3 atom stereocenters. The van der Waals surface area contributed by atoms with Crippen molar-refractivity contribution in [1.29, 1.82) is 0 Å². The van der Waals surface area contributed by atoms with E-state index in [1.165, 1.54) is 18.4 Å². The normalized spacial score (nSPS) is 29.2. The highest BCUT2D eigenvalue weighted by atomic mass is 16.2. The second kappa shape index (κ2) is 5.31. The van der Waals surface area contributed by atoms with E-state index in [0.717, 1.165) is 6.42 Å². The molecule has 1 aliphatic heterocycles. The number of nitrogens with zero attached hydrogens (tertiary/aromatic N) is 1. The molecule has 2 aliphatic rings. The van der Waals surface area contributed by atoms with Crippen molar-refractivity contribution in [3.05, 3.63) is 35.9 Å². The number of hydrazine groups is 1. The van der Waals surface area contributed by atoms with Crippen LogP contribution in [0.5, 0.6) is 0 Å². The predicted octanol–water partition coefficient (Wildman–Crippen LogP) is 1.29. The lowest BCUT2D eigenvalue weighted by Crippen LogP contribution is -2.46. The Morgan fingerprint density at radius 2 is 2.05 bits per heavy atom. The zero-order valence-electron chi connectivity index (χ0n) is 11.3. The molecule has 0 radical (unpaired) electrons. The van der Waals surface area contributed by atoms with Gasteiger partial charge in [-0.1, -0.05) is 36.8 Å². The van der Waals surface area contributed by atoms with Gasteiger partial charge in [-0.15, -0.1) is 0 Å². The second-order valence-electron chi connectivity index (χ2n) is 5.65. The van der Waals surface area contributed by atoms with E-state index < -0.39 is 0 Å². The quantitative estimate of drug-likeness (QED) is 0.860. The summed E-state index contributed by atoms with van der Waals surface area (Å²) in [6, 6.07) is 10.6. The first-order valence-corrected chi connectivity index (χ1v) is 7.05. The number of hydrogen-bond donors (Lipinski definition) is 2. The fourth-order valence-electron chi connectivity index (χ4n) is 3.29. The molecule has 0 bridgehead atoms. The van der Waals surface area contributed by atoms with Crippen LogP contribution in [0.25, 0.3) is 0 Å². The van der Waals surface area contributed by atoms with Gasteiger partial charge in [0.2, 0.25) is 5.91 Å². The molecule has 2 N–H and O–H groups in total. The minimum atomic E-state index is -0.0544. The zero-order chi connectivity index (χ0) is 13.2. The third-order valence-corrected chi connectivity index (χ3v) is 4.33. The molecular weight excluding hydrogens is 238 g/mol. The van der Waals surface area contributed by atoms with Crippen molar-refractivity contribution in [2.45, 2.75) is 37.9 Å². The molecule has 1 aromatic rings. The molecule has 2 fully saturated rings. The van der Waals surface area contributed by atoms with Crippen LogP contribution in [0.3, 0.4) is 0 Å². The maximum atomic E-state index is 12.5. The van der Waals surface area contributed by atoms with Gasteiger partial charge in [0.15, 0.2) is 0 Å². The third-order valence-electron chi connectivity index (χ3n) is 4.33. The lowest BCUT2D eigenvalue weighted by atomic mass is 9.96. The Morgan fingerprint density at radius 3 is 2.84 bits per heavy atom. The van der Waals surface area contributed by atoms with Gasteiger partial charge in [0.1, 0.15) is 6.04 Å². The maximum Gasteiger partial charge on any atom is 0.241 e. The number of benzene rings is 1. The Morgan fingerprint density at radius 1 is 1.26 bits per heavy atom. The van der Waals surface area contributed by atoms with Gasteiger partial charge in [0, 0.05) is 25.6 Å². The number of likely N-dealkylation sites (N-methyl/N-ethyl adjacent to an activating group) is 1. The summed E-state index contributed by atoms with van der Waals surface area (Å²) < 4.78 is 0.